The minimum absolute atomic E-state index is 0.0114. The summed E-state index contributed by atoms with van der Waals surface area (Å²) in [7, 11) is 0. The van der Waals surface area contributed by atoms with Crippen LogP contribution in [0.5, 0.6) is 17.2 Å². The average molecular weight is 515 g/mol. The molecule has 0 saturated carbocycles. The molecule has 4 nitrogen and oxygen atoms in total. The van der Waals surface area contributed by atoms with Gasteiger partial charge in [-0.3, -0.25) is 4.79 Å². The summed E-state index contributed by atoms with van der Waals surface area (Å²) >= 11 is 0. The van der Waals surface area contributed by atoms with Crippen LogP contribution in [0.15, 0.2) is 133 Å². The van der Waals surface area contributed by atoms with Crippen LogP contribution in [-0.2, 0) is 26.2 Å². The van der Waals surface area contributed by atoms with Crippen molar-refractivity contribution in [3.05, 3.63) is 161 Å². The highest BCUT2D eigenvalue weighted by Crippen LogP contribution is 2.26. The lowest BCUT2D eigenvalue weighted by molar-refractivity contribution is 0.0992. The van der Waals surface area contributed by atoms with Crippen LogP contribution in [0.4, 0.5) is 0 Å². The summed E-state index contributed by atoms with van der Waals surface area (Å²) in [5.41, 5.74) is 4.67. The van der Waals surface area contributed by atoms with E-state index in [-0.39, 0.29) is 12.2 Å². The number of hydrogen-bond donors (Lipinski definition) is 0. The molecule has 194 valence electrons. The zero-order valence-corrected chi connectivity index (χ0v) is 21.7. The molecule has 0 heterocycles. The van der Waals surface area contributed by atoms with Gasteiger partial charge in [0.05, 0.1) is 0 Å². The van der Waals surface area contributed by atoms with E-state index in [4.69, 9.17) is 14.2 Å². The lowest BCUT2D eigenvalue weighted by Gasteiger charge is -2.13. The second-order valence-corrected chi connectivity index (χ2v) is 9.26. The van der Waals surface area contributed by atoms with Gasteiger partial charge < -0.3 is 14.2 Å². The Balaban J connectivity index is 1.27. The number of ketones is 1. The molecule has 0 spiro atoms. The third-order valence-corrected chi connectivity index (χ3v) is 6.24. The van der Waals surface area contributed by atoms with Crippen LogP contribution in [0, 0.1) is 0 Å². The van der Waals surface area contributed by atoms with Crippen LogP contribution in [0.3, 0.4) is 0 Å². The molecule has 5 rings (SSSR count). The quantitative estimate of drug-likeness (QED) is 0.159. The number of carbonyl (C=O) groups is 1. The maximum absolute atomic E-state index is 13.3. The highest BCUT2D eigenvalue weighted by molar-refractivity contribution is 5.98. The number of ether oxygens (including phenoxy) is 3. The van der Waals surface area contributed by atoms with Crippen molar-refractivity contribution in [3.63, 3.8) is 0 Å². The van der Waals surface area contributed by atoms with Gasteiger partial charge >= 0.3 is 0 Å². The molecule has 0 N–H and O–H groups in total. The van der Waals surface area contributed by atoms with Gasteiger partial charge in [-0.1, -0.05) is 103 Å². The second-order valence-electron chi connectivity index (χ2n) is 9.26. The van der Waals surface area contributed by atoms with E-state index in [1.807, 2.05) is 121 Å². The Kier molecular flexibility index (Phi) is 8.67. The van der Waals surface area contributed by atoms with Crippen molar-refractivity contribution in [1.82, 2.24) is 0 Å². The Hall–Kier alpha value is -4.83. The first-order valence-electron chi connectivity index (χ1n) is 13.0. The fraction of sp³-hybridized carbons (Fsp3) is 0.114. The van der Waals surface area contributed by atoms with E-state index >= 15 is 0 Å². The maximum Gasteiger partial charge on any atom is 0.167 e. The summed E-state index contributed by atoms with van der Waals surface area (Å²) in [4.78, 5) is 13.3. The van der Waals surface area contributed by atoms with E-state index in [0.717, 1.165) is 28.0 Å². The van der Waals surface area contributed by atoms with Gasteiger partial charge in [-0.2, -0.15) is 0 Å². The van der Waals surface area contributed by atoms with Crippen molar-refractivity contribution < 1.29 is 19.0 Å². The summed E-state index contributed by atoms with van der Waals surface area (Å²) in [6.45, 7) is 1.31. The highest BCUT2D eigenvalue weighted by atomic mass is 16.5. The molecule has 0 aliphatic rings. The van der Waals surface area contributed by atoms with Crippen molar-refractivity contribution in [2.45, 2.75) is 26.2 Å². The fourth-order valence-corrected chi connectivity index (χ4v) is 4.11. The zero-order chi connectivity index (χ0) is 26.7. The molecular formula is C35H30O4. The number of carbonyl (C=O) groups excluding carboxylic acids is 1. The van der Waals surface area contributed by atoms with Crippen LogP contribution in [-0.4, -0.2) is 5.78 Å². The summed E-state index contributed by atoms with van der Waals surface area (Å²) in [6.07, 6.45) is 0.263. The topological polar surface area (TPSA) is 44.8 Å². The SMILES string of the molecule is O=C(Cc1ccc(OCc2ccccc2)cc1)c1cc(OCc2ccccc2)cc(OCc2ccccc2)c1. The molecule has 39 heavy (non-hydrogen) atoms. The standard InChI is InChI=1S/C35H30O4/c36-35(20-27-16-18-32(19-17-27)37-24-28-10-4-1-5-11-28)31-21-33(38-25-29-12-6-2-7-13-29)23-34(22-31)39-26-30-14-8-3-9-15-30/h1-19,21-23H,20,24-26H2. The summed E-state index contributed by atoms with van der Waals surface area (Å²) in [5, 5.41) is 0. The molecule has 0 aliphatic heterocycles. The molecule has 4 heteroatoms. The van der Waals surface area contributed by atoms with Crippen molar-refractivity contribution in [2.75, 3.05) is 0 Å². The summed E-state index contributed by atoms with van der Waals surface area (Å²) < 4.78 is 18.0. The van der Waals surface area contributed by atoms with Gasteiger partial charge in [-0.05, 0) is 46.5 Å². The molecule has 0 radical (unpaired) electrons. The highest BCUT2D eigenvalue weighted by Gasteiger charge is 2.13. The van der Waals surface area contributed by atoms with Gasteiger partial charge in [-0.25, -0.2) is 0 Å². The van der Waals surface area contributed by atoms with E-state index in [9.17, 15) is 4.79 Å². The van der Waals surface area contributed by atoms with Crippen molar-refractivity contribution >= 4 is 5.78 Å². The van der Waals surface area contributed by atoms with Gasteiger partial charge in [0.15, 0.2) is 5.78 Å². The van der Waals surface area contributed by atoms with Gasteiger partial charge in [0.25, 0.3) is 0 Å². The Morgan fingerprint density at radius 1 is 0.436 bits per heavy atom. The number of benzene rings is 5. The third-order valence-electron chi connectivity index (χ3n) is 6.24. The van der Waals surface area contributed by atoms with Gasteiger partial charge in [0.1, 0.15) is 37.1 Å². The first-order chi connectivity index (χ1) is 19.2. The third kappa shape index (κ3) is 7.83. The molecule has 0 aromatic heterocycles. The minimum Gasteiger partial charge on any atom is -0.489 e. The van der Waals surface area contributed by atoms with Gasteiger partial charge in [-0.15, -0.1) is 0 Å². The molecule has 0 bridgehead atoms. The number of Topliss-reactive ketones (excluding diaryl/α,β-unsaturated/α-hetero) is 1. The molecule has 0 saturated heterocycles. The van der Waals surface area contributed by atoms with Crippen molar-refractivity contribution in [2.24, 2.45) is 0 Å². The second kappa shape index (κ2) is 13.1. The smallest absolute Gasteiger partial charge is 0.167 e. The Labute approximate surface area is 229 Å². The van der Waals surface area contributed by atoms with Gasteiger partial charge in [0.2, 0.25) is 0 Å². The van der Waals surface area contributed by atoms with Crippen LogP contribution >= 0.6 is 0 Å². The Morgan fingerprint density at radius 3 is 1.28 bits per heavy atom. The predicted molar refractivity (Wildman–Crippen MR) is 153 cm³/mol. The monoisotopic (exact) mass is 514 g/mol. The lowest BCUT2D eigenvalue weighted by atomic mass is 10.0. The van der Waals surface area contributed by atoms with Crippen molar-refractivity contribution in [3.8, 4) is 17.2 Å². The molecular weight excluding hydrogens is 484 g/mol. The minimum atomic E-state index is -0.0114. The van der Waals surface area contributed by atoms with E-state index in [1.54, 1.807) is 12.1 Å². The van der Waals surface area contributed by atoms with Crippen LogP contribution in [0.25, 0.3) is 0 Å². The molecule has 5 aromatic rings. The number of rotatable bonds is 12. The summed E-state index contributed by atoms with van der Waals surface area (Å²) in [6, 6.07) is 43.0. The predicted octanol–water partition coefficient (Wildman–Crippen LogP) is 7.85. The van der Waals surface area contributed by atoms with Crippen LogP contribution in [0.2, 0.25) is 0 Å². The first kappa shape index (κ1) is 25.8. The number of hydrogen-bond acceptors (Lipinski definition) is 4. The van der Waals surface area contributed by atoms with E-state index in [0.29, 0.717) is 36.9 Å². The Bertz CT molecular complexity index is 1400. The molecule has 0 fully saturated rings. The average Bonchev–Trinajstić information content (AvgIpc) is 3.00. The molecule has 0 aliphatic carbocycles. The Morgan fingerprint density at radius 2 is 0.846 bits per heavy atom. The molecule has 0 atom stereocenters. The fourth-order valence-electron chi connectivity index (χ4n) is 4.11. The van der Waals surface area contributed by atoms with Crippen molar-refractivity contribution in [1.29, 1.82) is 0 Å². The van der Waals surface area contributed by atoms with E-state index in [2.05, 4.69) is 0 Å². The molecule has 5 aromatic carbocycles. The van der Waals surface area contributed by atoms with E-state index in [1.165, 1.54) is 0 Å². The normalized spacial score (nSPS) is 10.6. The molecule has 0 amide bonds. The lowest BCUT2D eigenvalue weighted by Crippen LogP contribution is -2.06. The van der Waals surface area contributed by atoms with E-state index < -0.39 is 0 Å². The largest absolute Gasteiger partial charge is 0.489 e. The maximum atomic E-state index is 13.3. The zero-order valence-electron chi connectivity index (χ0n) is 21.7. The summed E-state index contributed by atoms with van der Waals surface area (Å²) in [5.74, 6) is 1.94. The first-order valence-corrected chi connectivity index (χ1v) is 13.0. The molecule has 0 unspecified atom stereocenters. The van der Waals surface area contributed by atoms with Crippen LogP contribution < -0.4 is 14.2 Å². The van der Waals surface area contributed by atoms with Crippen LogP contribution in [0.1, 0.15) is 32.6 Å². The van der Waals surface area contributed by atoms with Gasteiger partial charge in [0, 0.05) is 18.1 Å².